The number of aromatic amines is 1. The van der Waals surface area contributed by atoms with Crippen molar-refractivity contribution in [2.24, 2.45) is 0 Å². The Labute approximate surface area is 212 Å². The van der Waals surface area contributed by atoms with Crippen LogP contribution < -0.4 is 0 Å². The van der Waals surface area contributed by atoms with E-state index in [1.54, 1.807) is 29.2 Å². The Kier molecular flexibility index (Phi) is 5.49. The maximum atomic E-state index is 13.8. The van der Waals surface area contributed by atoms with Gasteiger partial charge in [0.25, 0.3) is 5.69 Å². The molecule has 2 aliphatic rings. The molecule has 37 heavy (non-hydrogen) atoms. The van der Waals surface area contributed by atoms with E-state index >= 15 is 0 Å². The average Bonchev–Trinajstić information content (AvgIpc) is 3.29. The number of nitrogens with one attached hydrogen (secondary N) is 1. The summed E-state index contributed by atoms with van der Waals surface area (Å²) in [5.74, 6) is -0.522. The Morgan fingerprint density at radius 3 is 2.57 bits per heavy atom. The van der Waals surface area contributed by atoms with Crippen LogP contribution in [-0.4, -0.2) is 55.8 Å². The zero-order valence-corrected chi connectivity index (χ0v) is 19.8. The molecule has 1 saturated heterocycles. The molecule has 0 unspecified atom stereocenters. The highest BCUT2D eigenvalue weighted by atomic mass is 16.6. The zero-order chi connectivity index (χ0) is 25.7. The second kappa shape index (κ2) is 8.86. The normalized spacial score (nSPS) is 20.0. The smallest absolute Gasteiger partial charge is 0.269 e. The molecule has 6 rings (SSSR count). The summed E-state index contributed by atoms with van der Waals surface area (Å²) in [6.07, 6.45) is -0.614. The fourth-order valence-electron chi connectivity index (χ4n) is 5.62. The van der Waals surface area contributed by atoms with Crippen molar-refractivity contribution in [3.8, 4) is 0 Å². The lowest BCUT2D eigenvalue weighted by Crippen LogP contribution is -2.63. The van der Waals surface area contributed by atoms with Crippen molar-refractivity contribution in [2.75, 3.05) is 13.1 Å². The van der Waals surface area contributed by atoms with Crippen LogP contribution in [0.1, 0.15) is 34.5 Å². The summed E-state index contributed by atoms with van der Waals surface area (Å²) in [6, 6.07) is 21.5. The van der Waals surface area contributed by atoms with E-state index in [1.807, 2.05) is 42.5 Å². The van der Waals surface area contributed by atoms with Crippen LogP contribution in [0.15, 0.2) is 78.9 Å². The maximum Gasteiger partial charge on any atom is 0.269 e. The Balaban J connectivity index is 1.43. The van der Waals surface area contributed by atoms with Gasteiger partial charge in [-0.05, 0) is 22.8 Å². The van der Waals surface area contributed by atoms with Crippen molar-refractivity contribution in [1.82, 2.24) is 14.8 Å². The van der Waals surface area contributed by atoms with Gasteiger partial charge in [-0.2, -0.15) is 0 Å². The Hall–Kier alpha value is -4.50. The highest BCUT2D eigenvalue weighted by Crippen LogP contribution is 2.43. The van der Waals surface area contributed by atoms with Crippen LogP contribution >= 0.6 is 0 Å². The number of nitrogens with zero attached hydrogens (tertiary/aromatic N) is 3. The Morgan fingerprint density at radius 2 is 1.78 bits per heavy atom. The van der Waals surface area contributed by atoms with Crippen molar-refractivity contribution in [3.63, 3.8) is 0 Å². The molecule has 1 fully saturated rings. The molecule has 0 bridgehead atoms. The van der Waals surface area contributed by atoms with Crippen LogP contribution in [-0.2, 0) is 16.0 Å². The number of nitro groups is 1. The second-order valence-electron chi connectivity index (χ2n) is 9.48. The molecule has 4 aromatic rings. The van der Waals surface area contributed by atoms with Crippen LogP contribution in [0.5, 0.6) is 0 Å². The Bertz CT molecular complexity index is 1530. The molecule has 3 aromatic carbocycles. The topological polar surface area (TPSA) is 120 Å². The molecule has 0 spiro atoms. The molecule has 3 atom stereocenters. The van der Waals surface area contributed by atoms with Gasteiger partial charge in [0.15, 0.2) is 0 Å². The number of non-ortho nitro benzene ring substituents is 1. The van der Waals surface area contributed by atoms with Gasteiger partial charge in [-0.25, -0.2) is 0 Å². The quantitative estimate of drug-likeness (QED) is 0.324. The van der Waals surface area contributed by atoms with E-state index in [1.165, 1.54) is 17.0 Å². The van der Waals surface area contributed by atoms with E-state index in [9.17, 15) is 24.8 Å². The standard InChI is InChI=1S/C28H24N4O5/c33-24(17-7-2-1-3-8-17)15-30-16-25(34)31-23(28(30)35)14-21-20-11-4-5-12-22(20)29-26(21)27(31)18-9-6-10-19(13-18)32(36)37/h1-13,23-24,27,29,33H,14-16H2/t23-,24-,27+/m1/s1. The maximum absolute atomic E-state index is 13.8. The largest absolute Gasteiger partial charge is 0.387 e. The number of aromatic nitrogens is 1. The molecular formula is C28H24N4O5. The summed E-state index contributed by atoms with van der Waals surface area (Å²) in [5, 5.41) is 23.2. The summed E-state index contributed by atoms with van der Waals surface area (Å²) in [7, 11) is 0. The molecule has 186 valence electrons. The number of fused-ring (bicyclic) bond motifs is 4. The van der Waals surface area contributed by atoms with Crippen LogP contribution in [0.4, 0.5) is 5.69 Å². The molecule has 0 saturated carbocycles. The molecule has 2 amide bonds. The third-order valence-electron chi connectivity index (χ3n) is 7.32. The van der Waals surface area contributed by atoms with E-state index < -0.39 is 23.1 Å². The number of carbonyl (C=O) groups is 2. The average molecular weight is 497 g/mol. The number of β-amino-alcohol motifs (C(OH)–C–C–N with tert-alkyl or cyclic N) is 1. The van der Waals surface area contributed by atoms with Crippen molar-refractivity contribution < 1.29 is 19.6 Å². The number of hydrogen-bond acceptors (Lipinski definition) is 5. The predicted octanol–water partition coefficient (Wildman–Crippen LogP) is 3.49. The van der Waals surface area contributed by atoms with E-state index in [-0.39, 0.29) is 30.6 Å². The molecule has 0 aliphatic carbocycles. The number of piperazine rings is 1. The monoisotopic (exact) mass is 496 g/mol. The fraction of sp³-hybridized carbons (Fsp3) is 0.214. The molecule has 2 N–H and O–H groups in total. The van der Waals surface area contributed by atoms with Crippen LogP contribution in [0.2, 0.25) is 0 Å². The summed E-state index contributed by atoms with van der Waals surface area (Å²) >= 11 is 0. The summed E-state index contributed by atoms with van der Waals surface area (Å²) in [4.78, 5) is 44.9. The number of nitro benzene ring substituents is 1. The molecule has 3 heterocycles. The summed E-state index contributed by atoms with van der Waals surface area (Å²) in [5.41, 5.74) is 3.70. The first kappa shape index (κ1) is 22.9. The molecule has 9 nitrogen and oxygen atoms in total. The van der Waals surface area contributed by atoms with E-state index in [0.29, 0.717) is 17.5 Å². The van der Waals surface area contributed by atoms with Gasteiger partial charge in [0.1, 0.15) is 6.04 Å². The molecule has 1 aromatic heterocycles. The second-order valence-corrected chi connectivity index (χ2v) is 9.48. The van der Waals surface area contributed by atoms with Gasteiger partial charge in [0.2, 0.25) is 11.8 Å². The predicted molar refractivity (Wildman–Crippen MR) is 136 cm³/mol. The van der Waals surface area contributed by atoms with Gasteiger partial charge in [-0.1, -0.05) is 60.7 Å². The Morgan fingerprint density at radius 1 is 1.03 bits per heavy atom. The molecule has 2 aliphatic heterocycles. The minimum Gasteiger partial charge on any atom is -0.387 e. The SMILES string of the molecule is O=C1[C@H]2Cc3c([nH]c4ccccc34)[C@H](c3cccc([N+](=O)[O-])c3)N2C(=O)CN1C[C@@H](O)c1ccccc1. The van der Waals surface area contributed by atoms with Crippen LogP contribution in [0, 0.1) is 10.1 Å². The number of para-hydroxylation sites is 1. The first-order chi connectivity index (χ1) is 17.9. The fourth-order valence-corrected chi connectivity index (χ4v) is 5.62. The van der Waals surface area contributed by atoms with Gasteiger partial charge >= 0.3 is 0 Å². The van der Waals surface area contributed by atoms with E-state index in [4.69, 9.17) is 0 Å². The van der Waals surface area contributed by atoms with Gasteiger partial charge in [-0.15, -0.1) is 0 Å². The summed E-state index contributed by atoms with van der Waals surface area (Å²) < 4.78 is 0. The number of hydrogen-bond donors (Lipinski definition) is 2. The van der Waals surface area contributed by atoms with Gasteiger partial charge in [-0.3, -0.25) is 19.7 Å². The number of aliphatic hydroxyl groups is 1. The lowest BCUT2D eigenvalue weighted by atomic mass is 9.86. The minimum absolute atomic E-state index is 0.00113. The van der Waals surface area contributed by atoms with Crippen molar-refractivity contribution >= 4 is 28.4 Å². The van der Waals surface area contributed by atoms with E-state index in [0.717, 1.165) is 22.2 Å². The number of rotatable bonds is 5. The van der Waals surface area contributed by atoms with Gasteiger partial charge in [0.05, 0.1) is 30.2 Å². The van der Waals surface area contributed by atoms with Crippen LogP contribution in [0.25, 0.3) is 10.9 Å². The molecular weight excluding hydrogens is 472 g/mol. The number of benzene rings is 3. The third kappa shape index (κ3) is 3.84. The lowest BCUT2D eigenvalue weighted by molar-refractivity contribution is -0.384. The number of carbonyl (C=O) groups excluding carboxylic acids is 2. The highest BCUT2D eigenvalue weighted by Gasteiger charge is 2.48. The van der Waals surface area contributed by atoms with Gasteiger partial charge < -0.3 is 19.9 Å². The van der Waals surface area contributed by atoms with E-state index in [2.05, 4.69) is 4.98 Å². The lowest BCUT2D eigenvalue weighted by Gasteiger charge is -2.47. The first-order valence-electron chi connectivity index (χ1n) is 12.1. The number of aliphatic hydroxyl groups excluding tert-OH is 1. The summed E-state index contributed by atoms with van der Waals surface area (Å²) in [6.45, 7) is -0.179. The van der Waals surface area contributed by atoms with Gasteiger partial charge in [0, 0.05) is 35.2 Å². The first-order valence-corrected chi connectivity index (χ1v) is 12.1. The zero-order valence-electron chi connectivity index (χ0n) is 19.8. The minimum atomic E-state index is -0.927. The van der Waals surface area contributed by atoms with Crippen molar-refractivity contribution in [1.29, 1.82) is 0 Å². The number of H-pyrrole nitrogens is 1. The highest BCUT2D eigenvalue weighted by molar-refractivity contribution is 5.97. The van der Waals surface area contributed by atoms with Crippen molar-refractivity contribution in [3.05, 3.63) is 111 Å². The van der Waals surface area contributed by atoms with Crippen LogP contribution in [0.3, 0.4) is 0 Å². The number of amides is 2. The third-order valence-corrected chi connectivity index (χ3v) is 7.32. The van der Waals surface area contributed by atoms with Crippen molar-refractivity contribution in [2.45, 2.75) is 24.6 Å². The molecule has 9 heteroatoms. The molecule has 0 radical (unpaired) electrons.